The monoisotopic (exact) mass is 565 g/mol. The Labute approximate surface area is 238 Å². The van der Waals surface area contributed by atoms with E-state index in [1.165, 1.54) is 24.5 Å². The van der Waals surface area contributed by atoms with Gasteiger partial charge in [0, 0.05) is 48.5 Å². The van der Waals surface area contributed by atoms with E-state index in [0.717, 1.165) is 19.5 Å². The van der Waals surface area contributed by atoms with Crippen molar-refractivity contribution >= 4 is 34.1 Å². The molecule has 2 aromatic heterocycles. The second kappa shape index (κ2) is 14.4. The molecule has 0 aliphatic carbocycles. The number of aromatic nitrogens is 4. The van der Waals surface area contributed by atoms with Crippen molar-refractivity contribution in [2.24, 2.45) is 5.92 Å². The molecular formula is C29H36FN7O4. The van der Waals surface area contributed by atoms with E-state index in [1.807, 2.05) is 12.1 Å². The summed E-state index contributed by atoms with van der Waals surface area (Å²) in [4.78, 5) is 23.4. The van der Waals surface area contributed by atoms with Gasteiger partial charge in [-0.3, -0.25) is 9.89 Å². The van der Waals surface area contributed by atoms with Crippen molar-refractivity contribution < 1.29 is 23.8 Å². The number of aliphatic hydroxyl groups excluding tert-OH is 1. The number of fused-ring (bicyclic) bond motifs is 1. The van der Waals surface area contributed by atoms with Crippen LogP contribution >= 0.6 is 0 Å². The van der Waals surface area contributed by atoms with Gasteiger partial charge < -0.3 is 30.1 Å². The number of nitrogens with zero attached hydrogens (tertiary/aromatic N) is 4. The van der Waals surface area contributed by atoms with Gasteiger partial charge in [-0.25, -0.2) is 14.4 Å². The van der Waals surface area contributed by atoms with Gasteiger partial charge in [0.05, 0.1) is 32.3 Å². The highest BCUT2D eigenvalue weighted by Crippen LogP contribution is 2.34. The standard InChI is InChI=1S/C29H36FN7O4/c1-19(2)17-37(9-10-38)8-5-11-41-26-16-24-23(15-25(26)40-3)29(32-18-31-24)34-27-13-22(35-36-27)14-28(39)33-21-7-4-6-20(30)12-21/h4,6-7,12-13,15-16,18-19,38H,5,8-11,14,17H2,1-3H3,(H,33,39)(H2,31,32,34,35,36). The third kappa shape index (κ3) is 8.60. The summed E-state index contributed by atoms with van der Waals surface area (Å²) in [5.74, 6) is 1.88. The number of amides is 1. The predicted molar refractivity (Wildman–Crippen MR) is 155 cm³/mol. The summed E-state index contributed by atoms with van der Waals surface area (Å²) in [6.07, 6.45) is 2.27. The smallest absolute Gasteiger partial charge is 0.230 e. The number of halogens is 1. The van der Waals surface area contributed by atoms with Crippen molar-refractivity contribution in [1.82, 2.24) is 25.1 Å². The molecule has 4 aromatic rings. The fourth-order valence-electron chi connectivity index (χ4n) is 4.44. The Balaban J connectivity index is 1.39. The number of aromatic amines is 1. The maximum atomic E-state index is 13.4. The van der Waals surface area contributed by atoms with Gasteiger partial charge in [-0.05, 0) is 36.6 Å². The van der Waals surface area contributed by atoms with Crippen LogP contribution in [-0.4, -0.2) is 76.0 Å². The Morgan fingerprint density at radius 3 is 2.76 bits per heavy atom. The van der Waals surface area contributed by atoms with Gasteiger partial charge >= 0.3 is 0 Å². The molecule has 218 valence electrons. The summed E-state index contributed by atoms with van der Waals surface area (Å²) in [6, 6.07) is 11.0. The van der Waals surface area contributed by atoms with Crippen LogP contribution < -0.4 is 20.1 Å². The lowest BCUT2D eigenvalue weighted by atomic mass is 10.2. The molecule has 0 spiro atoms. The predicted octanol–water partition coefficient (Wildman–Crippen LogP) is 4.14. The molecule has 4 rings (SSSR count). The number of anilines is 3. The van der Waals surface area contributed by atoms with E-state index in [9.17, 15) is 14.3 Å². The molecule has 0 bridgehead atoms. The molecule has 0 atom stereocenters. The van der Waals surface area contributed by atoms with Gasteiger partial charge in [0.2, 0.25) is 5.91 Å². The summed E-state index contributed by atoms with van der Waals surface area (Å²) in [5.41, 5.74) is 1.61. The molecule has 11 nitrogen and oxygen atoms in total. The summed E-state index contributed by atoms with van der Waals surface area (Å²) < 4.78 is 25.0. The van der Waals surface area contributed by atoms with Crippen LogP contribution in [0.2, 0.25) is 0 Å². The Hall–Kier alpha value is -4.29. The largest absolute Gasteiger partial charge is 0.493 e. The fraction of sp³-hybridized carbons (Fsp3) is 0.379. The quantitative estimate of drug-likeness (QED) is 0.157. The van der Waals surface area contributed by atoms with Crippen molar-refractivity contribution in [3.8, 4) is 11.5 Å². The second-order valence-corrected chi connectivity index (χ2v) is 10.0. The number of hydrogen-bond acceptors (Lipinski definition) is 9. The Bertz CT molecular complexity index is 1450. The number of aliphatic hydroxyl groups is 1. The van der Waals surface area contributed by atoms with Gasteiger partial charge in [-0.1, -0.05) is 19.9 Å². The number of carbonyl (C=O) groups is 1. The summed E-state index contributed by atoms with van der Waals surface area (Å²) >= 11 is 0. The van der Waals surface area contributed by atoms with Crippen molar-refractivity contribution in [3.63, 3.8) is 0 Å². The molecule has 1 amide bonds. The van der Waals surface area contributed by atoms with Crippen molar-refractivity contribution in [3.05, 3.63) is 60.3 Å². The minimum atomic E-state index is -0.425. The van der Waals surface area contributed by atoms with Gasteiger partial charge in [-0.15, -0.1) is 0 Å². The number of rotatable bonds is 15. The molecule has 0 unspecified atom stereocenters. The average molecular weight is 566 g/mol. The average Bonchev–Trinajstić information content (AvgIpc) is 3.36. The molecule has 4 N–H and O–H groups in total. The lowest BCUT2D eigenvalue weighted by molar-refractivity contribution is -0.115. The van der Waals surface area contributed by atoms with E-state index in [2.05, 4.69) is 49.5 Å². The van der Waals surface area contributed by atoms with Crippen molar-refractivity contribution in [2.45, 2.75) is 26.7 Å². The lowest BCUT2D eigenvalue weighted by Gasteiger charge is -2.23. The van der Waals surface area contributed by atoms with Gasteiger partial charge in [0.15, 0.2) is 17.3 Å². The molecule has 12 heteroatoms. The summed E-state index contributed by atoms with van der Waals surface area (Å²) in [5, 5.41) is 22.9. The molecule has 0 aliphatic heterocycles. The minimum absolute atomic E-state index is 0.0272. The van der Waals surface area contributed by atoms with Gasteiger partial charge in [0.1, 0.15) is 18.0 Å². The fourth-order valence-corrected chi connectivity index (χ4v) is 4.44. The Morgan fingerprint density at radius 2 is 2.00 bits per heavy atom. The highest BCUT2D eigenvalue weighted by atomic mass is 19.1. The third-order valence-corrected chi connectivity index (χ3v) is 6.17. The van der Waals surface area contributed by atoms with E-state index in [4.69, 9.17) is 9.47 Å². The SMILES string of the molecule is COc1cc2c(Nc3cc(CC(=O)Nc4cccc(F)c4)[nH]n3)ncnc2cc1OCCCN(CCO)CC(C)C. The first-order valence-electron chi connectivity index (χ1n) is 13.5. The lowest BCUT2D eigenvalue weighted by Crippen LogP contribution is -2.32. The highest BCUT2D eigenvalue weighted by molar-refractivity contribution is 5.93. The van der Waals surface area contributed by atoms with Crippen LogP contribution in [0.3, 0.4) is 0 Å². The zero-order chi connectivity index (χ0) is 29.2. The number of nitrogens with one attached hydrogen (secondary N) is 3. The van der Waals surface area contributed by atoms with E-state index >= 15 is 0 Å². The number of ether oxygens (including phenoxy) is 2. The van der Waals surface area contributed by atoms with Crippen molar-refractivity contribution in [2.75, 3.05) is 50.6 Å². The Kier molecular flexibility index (Phi) is 10.4. The van der Waals surface area contributed by atoms with Gasteiger partial charge in [0.25, 0.3) is 0 Å². The van der Waals surface area contributed by atoms with Crippen molar-refractivity contribution in [1.29, 1.82) is 0 Å². The zero-order valence-corrected chi connectivity index (χ0v) is 23.5. The van der Waals surface area contributed by atoms with Crippen LogP contribution in [-0.2, 0) is 11.2 Å². The third-order valence-electron chi connectivity index (χ3n) is 6.17. The first-order valence-corrected chi connectivity index (χ1v) is 13.5. The zero-order valence-electron chi connectivity index (χ0n) is 23.5. The van der Waals surface area contributed by atoms with Crippen LogP contribution in [0.1, 0.15) is 26.0 Å². The molecule has 41 heavy (non-hydrogen) atoms. The van der Waals surface area contributed by atoms with E-state index in [1.54, 1.807) is 19.2 Å². The first-order chi connectivity index (χ1) is 19.8. The second-order valence-electron chi connectivity index (χ2n) is 10.0. The number of H-pyrrole nitrogens is 1. The molecule has 2 aromatic carbocycles. The van der Waals surface area contributed by atoms with Gasteiger partial charge in [-0.2, -0.15) is 5.10 Å². The molecular weight excluding hydrogens is 529 g/mol. The van der Waals surface area contributed by atoms with Crippen LogP contribution in [0.4, 0.5) is 21.7 Å². The molecule has 0 saturated carbocycles. The number of hydrogen-bond donors (Lipinski definition) is 4. The molecule has 0 saturated heterocycles. The summed E-state index contributed by atoms with van der Waals surface area (Å²) in [7, 11) is 1.57. The van der Waals surface area contributed by atoms with E-state index in [0.29, 0.717) is 64.5 Å². The number of methoxy groups -OCH3 is 1. The van der Waals surface area contributed by atoms with Crippen LogP contribution in [0, 0.1) is 11.7 Å². The number of carbonyl (C=O) groups excluding carboxylic acids is 1. The molecule has 0 aliphatic rings. The van der Waals surface area contributed by atoms with E-state index in [-0.39, 0.29) is 18.9 Å². The molecule has 0 fully saturated rings. The maximum absolute atomic E-state index is 13.4. The number of benzene rings is 2. The molecule has 0 radical (unpaired) electrons. The normalized spacial score (nSPS) is 11.3. The minimum Gasteiger partial charge on any atom is -0.493 e. The van der Waals surface area contributed by atoms with E-state index < -0.39 is 5.82 Å². The maximum Gasteiger partial charge on any atom is 0.230 e. The van der Waals surface area contributed by atoms with Crippen LogP contribution in [0.15, 0.2) is 48.8 Å². The topological polar surface area (TPSA) is 138 Å². The van der Waals surface area contributed by atoms with Crippen LogP contribution in [0.25, 0.3) is 10.9 Å². The summed E-state index contributed by atoms with van der Waals surface area (Å²) in [6.45, 7) is 7.33. The Morgan fingerprint density at radius 1 is 1.15 bits per heavy atom. The molecule has 2 heterocycles. The van der Waals surface area contributed by atoms with Crippen LogP contribution in [0.5, 0.6) is 11.5 Å². The highest BCUT2D eigenvalue weighted by Gasteiger charge is 2.14. The first kappa shape index (κ1) is 29.7.